The highest BCUT2D eigenvalue weighted by atomic mass is 19.1. The highest BCUT2D eigenvalue weighted by Crippen LogP contribution is 2.38. The van der Waals surface area contributed by atoms with Gasteiger partial charge in [-0.25, -0.2) is 4.39 Å². The number of aliphatic hydroxyl groups excluding tert-OH is 1. The van der Waals surface area contributed by atoms with Gasteiger partial charge in [-0.2, -0.15) is 5.10 Å². The molecule has 2 atom stereocenters. The first-order chi connectivity index (χ1) is 11.5. The Morgan fingerprint density at radius 3 is 2.83 bits per heavy atom. The SMILES string of the molecule is Cc1nn(CCO)c(C)c1CN1CCC(C)C1c1cccc(F)c1. The molecule has 24 heavy (non-hydrogen) atoms. The molecule has 130 valence electrons. The van der Waals surface area contributed by atoms with E-state index in [2.05, 4.69) is 23.8 Å². The highest BCUT2D eigenvalue weighted by Gasteiger charge is 2.33. The van der Waals surface area contributed by atoms with E-state index in [0.29, 0.717) is 12.5 Å². The number of aryl methyl sites for hydroxylation is 1. The van der Waals surface area contributed by atoms with Crippen LogP contribution in [0.25, 0.3) is 0 Å². The van der Waals surface area contributed by atoms with Crippen LogP contribution in [0.3, 0.4) is 0 Å². The van der Waals surface area contributed by atoms with Crippen LogP contribution in [0.4, 0.5) is 4.39 Å². The van der Waals surface area contributed by atoms with E-state index in [-0.39, 0.29) is 18.5 Å². The van der Waals surface area contributed by atoms with E-state index in [1.807, 2.05) is 17.7 Å². The van der Waals surface area contributed by atoms with Gasteiger partial charge in [-0.15, -0.1) is 0 Å². The van der Waals surface area contributed by atoms with Crippen molar-refractivity contribution in [1.82, 2.24) is 14.7 Å². The molecule has 0 aliphatic carbocycles. The Kier molecular flexibility index (Phi) is 5.01. The lowest BCUT2D eigenvalue weighted by Gasteiger charge is -2.27. The Labute approximate surface area is 142 Å². The van der Waals surface area contributed by atoms with Gasteiger partial charge in [0.2, 0.25) is 0 Å². The molecule has 1 aliphatic heterocycles. The van der Waals surface area contributed by atoms with Crippen molar-refractivity contribution < 1.29 is 9.50 Å². The first-order valence-corrected chi connectivity index (χ1v) is 8.64. The predicted molar refractivity (Wildman–Crippen MR) is 92.1 cm³/mol. The summed E-state index contributed by atoms with van der Waals surface area (Å²) in [7, 11) is 0. The fourth-order valence-electron chi connectivity index (χ4n) is 3.91. The fraction of sp³-hybridized carbons (Fsp3) is 0.526. The molecule has 1 saturated heterocycles. The lowest BCUT2D eigenvalue weighted by molar-refractivity contribution is 0.224. The molecule has 0 saturated carbocycles. The van der Waals surface area contributed by atoms with Crippen molar-refractivity contribution in [3.8, 4) is 0 Å². The highest BCUT2D eigenvalue weighted by molar-refractivity contribution is 5.27. The molecule has 1 aromatic heterocycles. The molecule has 4 nitrogen and oxygen atoms in total. The minimum Gasteiger partial charge on any atom is -0.394 e. The second-order valence-electron chi connectivity index (χ2n) is 6.83. The molecule has 2 unspecified atom stereocenters. The molecule has 2 heterocycles. The molecule has 1 fully saturated rings. The fourth-order valence-corrected chi connectivity index (χ4v) is 3.91. The van der Waals surface area contributed by atoms with E-state index < -0.39 is 0 Å². The molecule has 0 spiro atoms. The third kappa shape index (κ3) is 3.23. The molecule has 1 aliphatic rings. The van der Waals surface area contributed by atoms with Gasteiger partial charge < -0.3 is 5.11 Å². The van der Waals surface area contributed by atoms with Crippen LogP contribution >= 0.6 is 0 Å². The van der Waals surface area contributed by atoms with Gasteiger partial charge in [-0.05, 0) is 50.4 Å². The smallest absolute Gasteiger partial charge is 0.123 e. The minimum atomic E-state index is -0.172. The quantitative estimate of drug-likeness (QED) is 0.915. The van der Waals surface area contributed by atoms with Crippen molar-refractivity contribution >= 4 is 0 Å². The van der Waals surface area contributed by atoms with E-state index >= 15 is 0 Å². The number of nitrogens with zero attached hydrogens (tertiary/aromatic N) is 3. The first-order valence-electron chi connectivity index (χ1n) is 8.64. The molecule has 3 rings (SSSR count). The van der Waals surface area contributed by atoms with Gasteiger partial charge in [0.05, 0.1) is 18.8 Å². The molecule has 0 amide bonds. The van der Waals surface area contributed by atoms with Gasteiger partial charge in [0.25, 0.3) is 0 Å². The molecule has 1 N–H and O–H groups in total. The zero-order chi connectivity index (χ0) is 17.3. The summed E-state index contributed by atoms with van der Waals surface area (Å²) in [5.41, 5.74) is 4.40. The second-order valence-corrected chi connectivity index (χ2v) is 6.83. The first kappa shape index (κ1) is 17.1. The van der Waals surface area contributed by atoms with Crippen LogP contribution in [-0.2, 0) is 13.1 Å². The average Bonchev–Trinajstić information content (AvgIpc) is 3.03. The molecule has 0 radical (unpaired) electrons. The van der Waals surface area contributed by atoms with Crippen LogP contribution < -0.4 is 0 Å². The average molecular weight is 331 g/mol. The molecular weight excluding hydrogens is 305 g/mol. The number of aliphatic hydroxyl groups is 1. The number of halogens is 1. The number of aromatic nitrogens is 2. The van der Waals surface area contributed by atoms with Crippen LogP contribution in [-0.4, -0.2) is 32.9 Å². The van der Waals surface area contributed by atoms with Crippen LogP contribution in [0.1, 0.15) is 41.9 Å². The largest absolute Gasteiger partial charge is 0.394 e. The number of rotatable bonds is 5. The van der Waals surface area contributed by atoms with Crippen LogP contribution in [0.15, 0.2) is 24.3 Å². The normalized spacial score (nSPS) is 21.5. The van der Waals surface area contributed by atoms with Crippen molar-refractivity contribution in [1.29, 1.82) is 0 Å². The van der Waals surface area contributed by atoms with E-state index in [0.717, 1.165) is 36.5 Å². The van der Waals surface area contributed by atoms with Crippen LogP contribution in [0, 0.1) is 25.6 Å². The Balaban J connectivity index is 1.86. The van der Waals surface area contributed by atoms with E-state index in [1.165, 1.54) is 11.6 Å². The standard InChI is InChI=1S/C19H26FN3O/c1-13-7-8-22(19(13)16-5-4-6-17(20)11-16)12-18-14(2)21-23(9-10-24)15(18)3/h4-6,11,13,19,24H,7-10,12H2,1-3H3. The summed E-state index contributed by atoms with van der Waals surface area (Å²) in [6.07, 6.45) is 1.12. The maximum absolute atomic E-state index is 13.7. The van der Waals surface area contributed by atoms with Crippen molar-refractivity contribution in [3.05, 3.63) is 52.6 Å². The van der Waals surface area contributed by atoms with E-state index in [1.54, 1.807) is 12.1 Å². The van der Waals surface area contributed by atoms with Gasteiger partial charge in [0.15, 0.2) is 0 Å². The summed E-state index contributed by atoms with van der Waals surface area (Å²) in [5, 5.41) is 13.7. The van der Waals surface area contributed by atoms with Gasteiger partial charge >= 0.3 is 0 Å². The number of likely N-dealkylation sites (tertiary alicyclic amines) is 1. The van der Waals surface area contributed by atoms with Crippen LogP contribution in [0.2, 0.25) is 0 Å². The third-order valence-corrected chi connectivity index (χ3v) is 5.20. The summed E-state index contributed by atoms with van der Waals surface area (Å²) in [6, 6.07) is 7.22. The zero-order valence-electron chi connectivity index (χ0n) is 14.7. The summed E-state index contributed by atoms with van der Waals surface area (Å²) >= 11 is 0. The van der Waals surface area contributed by atoms with Gasteiger partial charge in [0.1, 0.15) is 5.82 Å². The Morgan fingerprint density at radius 2 is 2.12 bits per heavy atom. The van der Waals surface area contributed by atoms with Gasteiger partial charge in [-0.1, -0.05) is 19.1 Å². The predicted octanol–water partition coefficient (Wildman–Crippen LogP) is 3.21. The Bertz CT molecular complexity index is 713. The molecule has 5 heteroatoms. The van der Waals surface area contributed by atoms with Crippen molar-refractivity contribution in [2.45, 2.75) is 46.3 Å². The van der Waals surface area contributed by atoms with Gasteiger partial charge in [-0.3, -0.25) is 9.58 Å². The molecule has 0 bridgehead atoms. The van der Waals surface area contributed by atoms with Crippen molar-refractivity contribution in [3.63, 3.8) is 0 Å². The maximum atomic E-state index is 13.7. The molecule has 2 aromatic rings. The van der Waals surface area contributed by atoms with E-state index in [4.69, 9.17) is 0 Å². The Hall–Kier alpha value is -1.72. The Morgan fingerprint density at radius 1 is 1.33 bits per heavy atom. The maximum Gasteiger partial charge on any atom is 0.123 e. The van der Waals surface area contributed by atoms with Crippen LogP contribution in [0.5, 0.6) is 0 Å². The second kappa shape index (κ2) is 7.03. The third-order valence-electron chi connectivity index (χ3n) is 5.20. The number of hydrogen-bond acceptors (Lipinski definition) is 3. The number of benzene rings is 1. The zero-order valence-corrected chi connectivity index (χ0v) is 14.7. The van der Waals surface area contributed by atoms with Crippen molar-refractivity contribution in [2.75, 3.05) is 13.2 Å². The topological polar surface area (TPSA) is 41.3 Å². The van der Waals surface area contributed by atoms with Gasteiger partial charge in [0, 0.05) is 23.8 Å². The summed E-state index contributed by atoms with van der Waals surface area (Å²) in [6.45, 7) is 8.75. The minimum absolute atomic E-state index is 0.0913. The lowest BCUT2D eigenvalue weighted by Crippen LogP contribution is -2.25. The number of hydrogen-bond donors (Lipinski definition) is 1. The lowest BCUT2D eigenvalue weighted by atomic mass is 9.95. The molecular formula is C19H26FN3O. The summed E-state index contributed by atoms with van der Waals surface area (Å²) < 4.78 is 15.5. The van der Waals surface area contributed by atoms with Crippen molar-refractivity contribution in [2.24, 2.45) is 5.92 Å². The summed E-state index contributed by atoms with van der Waals surface area (Å²) in [4.78, 5) is 2.43. The molecule has 1 aromatic carbocycles. The summed E-state index contributed by atoms with van der Waals surface area (Å²) in [5.74, 6) is 0.328. The van der Waals surface area contributed by atoms with E-state index in [9.17, 15) is 9.50 Å². The monoisotopic (exact) mass is 331 g/mol.